The molecule has 1 aliphatic rings. The van der Waals surface area contributed by atoms with Crippen molar-refractivity contribution in [3.8, 4) is 11.1 Å². The van der Waals surface area contributed by atoms with Gasteiger partial charge in [0.25, 0.3) is 5.56 Å². The van der Waals surface area contributed by atoms with Gasteiger partial charge in [-0.05, 0) is 35.4 Å². The molecule has 0 aliphatic heterocycles. The Hall–Kier alpha value is -3.01. The van der Waals surface area contributed by atoms with Gasteiger partial charge in [0.1, 0.15) is 11.5 Å². The lowest BCUT2D eigenvalue weighted by molar-refractivity contribution is 0.0970. The fourth-order valence-corrected chi connectivity index (χ4v) is 3.30. The summed E-state index contributed by atoms with van der Waals surface area (Å²) >= 11 is 0. The van der Waals surface area contributed by atoms with E-state index < -0.39 is 0 Å². The number of hydrogen-bond donors (Lipinski definition) is 1. The van der Waals surface area contributed by atoms with E-state index >= 15 is 0 Å². The summed E-state index contributed by atoms with van der Waals surface area (Å²) in [6.07, 6.45) is 2.40. The highest BCUT2D eigenvalue weighted by atomic mass is 16.1. The number of nitrogens with one attached hydrogen (secondary N) is 1. The Morgan fingerprint density at radius 2 is 1.74 bits per heavy atom. The third kappa shape index (κ3) is 4.05. The van der Waals surface area contributed by atoms with Crippen LogP contribution in [0.1, 0.15) is 59.9 Å². The molecule has 1 saturated carbocycles. The summed E-state index contributed by atoms with van der Waals surface area (Å²) in [5.74, 6) is 0.953. The number of aromatic amines is 1. The van der Waals surface area contributed by atoms with E-state index in [4.69, 9.17) is 0 Å². The Morgan fingerprint density at radius 3 is 2.41 bits per heavy atom. The van der Waals surface area contributed by atoms with E-state index in [2.05, 4.69) is 46.4 Å². The Balaban J connectivity index is 1.48. The summed E-state index contributed by atoms with van der Waals surface area (Å²) < 4.78 is 0. The van der Waals surface area contributed by atoms with Crippen molar-refractivity contribution in [3.63, 3.8) is 0 Å². The average Bonchev–Trinajstić information content (AvgIpc) is 3.53. The van der Waals surface area contributed by atoms with Crippen molar-refractivity contribution in [3.05, 3.63) is 88.1 Å². The van der Waals surface area contributed by atoms with Crippen LogP contribution in [-0.2, 0) is 0 Å². The third-order valence-electron chi connectivity index (χ3n) is 5.09. The monoisotopic (exact) mass is 358 g/mol. The molecule has 0 spiro atoms. The molecule has 1 aliphatic carbocycles. The van der Waals surface area contributed by atoms with Crippen LogP contribution in [0.15, 0.2) is 65.5 Å². The van der Waals surface area contributed by atoms with Crippen LogP contribution in [0.5, 0.6) is 0 Å². The first-order valence-corrected chi connectivity index (χ1v) is 9.40. The largest absolute Gasteiger partial charge is 0.310 e. The van der Waals surface area contributed by atoms with Crippen LogP contribution in [0.4, 0.5) is 0 Å². The molecule has 3 aromatic rings. The molecule has 2 aromatic carbocycles. The topological polar surface area (TPSA) is 62.8 Å². The third-order valence-corrected chi connectivity index (χ3v) is 5.09. The lowest BCUT2D eigenvalue weighted by Crippen LogP contribution is -2.16. The summed E-state index contributed by atoms with van der Waals surface area (Å²) in [5.41, 5.74) is 3.48. The summed E-state index contributed by atoms with van der Waals surface area (Å²) in [5, 5.41) is 0. The molecule has 1 fully saturated rings. The van der Waals surface area contributed by atoms with Gasteiger partial charge in [-0.2, -0.15) is 0 Å². The van der Waals surface area contributed by atoms with E-state index in [-0.39, 0.29) is 23.0 Å². The van der Waals surface area contributed by atoms with Crippen molar-refractivity contribution in [1.82, 2.24) is 9.97 Å². The molecule has 136 valence electrons. The summed E-state index contributed by atoms with van der Waals surface area (Å²) in [4.78, 5) is 31.6. The molecule has 4 rings (SSSR count). The van der Waals surface area contributed by atoms with Gasteiger partial charge in [-0.25, -0.2) is 4.98 Å². The van der Waals surface area contributed by atoms with Gasteiger partial charge < -0.3 is 4.98 Å². The second kappa shape index (κ2) is 7.31. The van der Waals surface area contributed by atoms with Crippen molar-refractivity contribution < 1.29 is 4.79 Å². The maximum atomic E-state index is 12.6. The Labute approximate surface area is 158 Å². The van der Waals surface area contributed by atoms with Crippen LogP contribution in [-0.4, -0.2) is 15.8 Å². The molecule has 4 heteroatoms. The highest BCUT2D eigenvalue weighted by Crippen LogP contribution is 2.37. The average molecular weight is 358 g/mol. The molecule has 0 amide bonds. The van der Waals surface area contributed by atoms with Crippen LogP contribution in [0.3, 0.4) is 0 Å². The molecule has 1 heterocycles. The molecule has 0 bridgehead atoms. The van der Waals surface area contributed by atoms with Crippen molar-refractivity contribution in [2.24, 2.45) is 0 Å². The van der Waals surface area contributed by atoms with Crippen molar-refractivity contribution in [2.45, 2.75) is 38.0 Å². The molecular weight excluding hydrogens is 336 g/mol. The smallest absolute Gasteiger partial charge is 0.251 e. The van der Waals surface area contributed by atoms with Crippen LogP contribution >= 0.6 is 0 Å². The molecule has 0 radical (unpaired) electrons. The number of benzene rings is 2. The fraction of sp³-hybridized carbons (Fsp3) is 0.261. The van der Waals surface area contributed by atoms with Gasteiger partial charge in [0, 0.05) is 18.4 Å². The predicted octanol–water partition coefficient (Wildman–Crippen LogP) is 4.69. The zero-order valence-corrected chi connectivity index (χ0v) is 15.3. The minimum atomic E-state index is -0.241. The Morgan fingerprint density at radius 1 is 1.07 bits per heavy atom. The minimum absolute atomic E-state index is 0.0628. The van der Waals surface area contributed by atoms with Crippen LogP contribution in [0.2, 0.25) is 0 Å². The van der Waals surface area contributed by atoms with Crippen molar-refractivity contribution in [1.29, 1.82) is 0 Å². The molecular formula is C23H22N2O2. The second-order valence-electron chi connectivity index (χ2n) is 7.31. The van der Waals surface area contributed by atoms with Gasteiger partial charge in [-0.1, -0.05) is 61.5 Å². The maximum Gasteiger partial charge on any atom is 0.251 e. The first kappa shape index (κ1) is 17.4. The Bertz CT molecular complexity index is 1000. The van der Waals surface area contributed by atoms with Crippen molar-refractivity contribution >= 4 is 5.78 Å². The van der Waals surface area contributed by atoms with Crippen LogP contribution in [0.25, 0.3) is 11.1 Å². The SMILES string of the molecule is C[C@@H](CC(=O)c1cc(=O)[nH]c(C2CC2)n1)c1ccc(-c2ccccc2)cc1. The molecule has 1 aromatic heterocycles. The van der Waals surface area contributed by atoms with E-state index in [1.807, 2.05) is 25.1 Å². The highest BCUT2D eigenvalue weighted by molar-refractivity contribution is 5.94. The van der Waals surface area contributed by atoms with E-state index in [1.165, 1.54) is 11.6 Å². The van der Waals surface area contributed by atoms with Gasteiger partial charge in [-0.15, -0.1) is 0 Å². The van der Waals surface area contributed by atoms with Gasteiger partial charge in [0.2, 0.25) is 0 Å². The normalized spacial score (nSPS) is 14.7. The Kier molecular flexibility index (Phi) is 4.71. The van der Waals surface area contributed by atoms with E-state index in [0.717, 1.165) is 24.0 Å². The summed E-state index contributed by atoms with van der Waals surface area (Å²) in [7, 11) is 0. The molecule has 27 heavy (non-hydrogen) atoms. The predicted molar refractivity (Wildman–Crippen MR) is 106 cm³/mol. The number of ketones is 1. The minimum Gasteiger partial charge on any atom is -0.310 e. The lowest BCUT2D eigenvalue weighted by atomic mass is 9.93. The van der Waals surface area contributed by atoms with E-state index in [0.29, 0.717) is 18.2 Å². The molecule has 0 unspecified atom stereocenters. The number of nitrogens with zero attached hydrogens (tertiary/aromatic N) is 1. The first-order chi connectivity index (χ1) is 13.1. The van der Waals surface area contributed by atoms with Gasteiger partial charge in [0.15, 0.2) is 5.78 Å². The second-order valence-corrected chi connectivity index (χ2v) is 7.31. The van der Waals surface area contributed by atoms with E-state index in [9.17, 15) is 9.59 Å². The van der Waals surface area contributed by atoms with Gasteiger partial charge in [-0.3, -0.25) is 9.59 Å². The van der Waals surface area contributed by atoms with Crippen molar-refractivity contribution in [2.75, 3.05) is 0 Å². The zero-order chi connectivity index (χ0) is 18.8. The molecule has 0 saturated heterocycles. The van der Waals surface area contributed by atoms with Gasteiger partial charge in [0.05, 0.1) is 0 Å². The number of hydrogen-bond acceptors (Lipinski definition) is 3. The number of aromatic nitrogens is 2. The number of Topliss-reactive ketones (excluding diaryl/α,β-unsaturated/α-hetero) is 1. The number of rotatable bonds is 6. The zero-order valence-electron chi connectivity index (χ0n) is 15.3. The first-order valence-electron chi connectivity index (χ1n) is 9.40. The fourth-order valence-electron chi connectivity index (χ4n) is 3.30. The quantitative estimate of drug-likeness (QED) is 0.650. The maximum absolute atomic E-state index is 12.6. The highest BCUT2D eigenvalue weighted by Gasteiger charge is 2.27. The number of carbonyl (C=O) groups excluding carboxylic acids is 1. The lowest BCUT2D eigenvalue weighted by Gasteiger charge is -2.12. The number of carbonyl (C=O) groups is 1. The van der Waals surface area contributed by atoms with Crippen LogP contribution in [0, 0.1) is 0 Å². The summed E-state index contributed by atoms with van der Waals surface area (Å²) in [6.45, 7) is 2.03. The van der Waals surface area contributed by atoms with E-state index in [1.54, 1.807) is 0 Å². The van der Waals surface area contributed by atoms with Gasteiger partial charge >= 0.3 is 0 Å². The standard InChI is InChI=1S/C23H22N2O2/c1-15(16-7-9-18(10-8-16)17-5-3-2-4-6-17)13-21(26)20-14-22(27)25-23(24-20)19-11-12-19/h2-10,14-15,19H,11-13H2,1H3,(H,24,25,27)/t15-/m0/s1. The summed E-state index contributed by atoms with van der Waals surface area (Å²) in [6, 6.07) is 19.8. The molecule has 1 atom stereocenters. The molecule has 1 N–H and O–H groups in total. The van der Waals surface area contributed by atoms with Crippen LogP contribution < -0.4 is 5.56 Å². The molecule has 4 nitrogen and oxygen atoms in total. The number of H-pyrrole nitrogens is 1.